The molecule has 27 heavy (non-hydrogen) atoms. The van der Waals surface area contributed by atoms with Crippen LogP contribution in [0, 0.1) is 0 Å². The molecule has 3 heterocycles. The van der Waals surface area contributed by atoms with Crippen LogP contribution >= 0.6 is 24.0 Å². The minimum Gasteiger partial charge on any atom is -0.467 e. The van der Waals surface area contributed by atoms with Gasteiger partial charge in [-0.2, -0.15) is 0 Å². The number of amides is 2. The lowest BCUT2D eigenvalue weighted by Gasteiger charge is -2.06. The summed E-state index contributed by atoms with van der Waals surface area (Å²) >= 11 is 6.27. The maximum atomic E-state index is 12.3. The molecule has 2 aromatic heterocycles. The van der Waals surface area contributed by atoms with E-state index in [-0.39, 0.29) is 18.4 Å². The van der Waals surface area contributed by atoms with E-state index >= 15 is 0 Å². The molecule has 2 amide bonds. The van der Waals surface area contributed by atoms with Crippen molar-refractivity contribution in [3.63, 3.8) is 0 Å². The molecule has 1 aliphatic rings. The summed E-state index contributed by atoms with van der Waals surface area (Å²) in [5.74, 6) is 0.380. The Hall–Kier alpha value is -2.84. The lowest BCUT2D eigenvalue weighted by molar-refractivity contribution is -0.121. The molecular weight excluding hydrogens is 382 g/mol. The summed E-state index contributed by atoms with van der Waals surface area (Å²) in [7, 11) is 0. The number of nitrogens with one attached hydrogen (secondary N) is 2. The summed E-state index contributed by atoms with van der Waals surface area (Å²) in [6, 6.07) is 11.4. The van der Waals surface area contributed by atoms with Gasteiger partial charge in [0.2, 0.25) is 5.91 Å². The summed E-state index contributed by atoms with van der Waals surface area (Å²) in [5, 5.41) is 6.42. The number of carbonyl (C=O) groups is 2. The third-order valence-electron chi connectivity index (χ3n) is 4.10. The first-order valence-electron chi connectivity index (χ1n) is 8.22. The molecule has 2 N–H and O–H groups in total. The quantitative estimate of drug-likeness (QED) is 0.511. The van der Waals surface area contributed by atoms with E-state index in [1.54, 1.807) is 18.4 Å². The zero-order valence-corrected chi connectivity index (χ0v) is 15.7. The Balaban J connectivity index is 1.58. The first kappa shape index (κ1) is 17.6. The van der Waals surface area contributed by atoms with E-state index in [1.807, 2.05) is 41.1 Å². The maximum absolute atomic E-state index is 12.3. The van der Waals surface area contributed by atoms with Crippen molar-refractivity contribution in [3.05, 3.63) is 65.1 Å². The van der Waals surface area contributed by atoms with Crippen molar-refractivity contribution >= 4 is 57.1 Å². The highest BCUT2D eigenvalue weighted by atomic mass is 32.2. The van der Waals surface area contributed by atoms with Crippen molar-refractivity contribution < 1.29 is 14.0 Å². The van der Waals surface area contributed by atoms with Crippen molar-refractivity contribution in [1.82, 2.24) is 15.2 Å². The van der Waals surface area contributed by atoms with Crippen LogP contribution in [-0.2, 0) is 22.7 Å². The summed E-state index contributed by atoms with van der Waals surface area (Å²) in [6.45, 7) is 0.512. The highest BCUT2D eigenvalue weighted by Gasteiger charge is 2.22. The molecule has 0 saturated carbocycles. The van der Waals surface area contributed by atoms with Crippen LogP contribution in [-0.4, -0.2) is 20.7 Å². The molecule has 6 nitrogen and oxygen atoms in total. The van der Waals surface area contributed by atoms with E-state index in [0.717, 1.165) is 16.5 Å². The van der Waals surface area contributed by atoms with E-state index in [9.17, 15) is 9.59 Å². The molecular formula is C19H15N3O3S2. The van der Waals surface area contributed by atoms with E-state index in [2.05, 4.69) is 10.6 Å². The summed E-state index contributed by atoms with van der Waals surface area (Å²) in [5.41, 5.74) is 1.79. The molecule has 1 aromatic carbocycles. The Labute approximate surface area is 164 Å². The van der Waals surface area contributed by atoms with Crippen molar-refractivity contribution in [2.75, 3.05) is 0 Å². The Morgan fingerprint density at radius 2 is 2.15 bits per heavy atom. The molecule has 4 rings (SSSR count). The molecule has 1 fully saturated rings. The van der Waals surface area contributed by atoms with Gasteiger partial charge in [-0.15, -0.1) is 0 Å². The number of furan rings is 1. The van der Waals surface area contributed by atoms with E-state index in [1.165, 1.54) is 11.8 Å². The molecule has 0 unspecified atom stereocenters. The van der Waals surface area contributed by atoms with Crippen LogP contribution in [0.2, 0.25) is 0 Å². The molecule has 1 saturated heterocycles. The summed E-state index contributed by atoms with van der Waals surface area (Å²) in [4.78, 5) is 24.8. The second-order valence-corrected chi connectivity index (χ2v) is 7.66. The minimum atomic E-state index is -0.196. The number of hydrogen-bond donors (Lipinski definition) is 2. The number of hydrogen-bond acceptors (Lipinski definition) is 5. The second-order valence-electron chi connectivity index (χ2n) is 5.94. The molecule has 0 radical (unpaired) electrons. The first-order valence-corrected chi connectivity index (χ1v) is 9.44. The average molecular weight is 397 g/mol. The number of thioether (sulfide) groups is 1. The van der Waals surface area contributed by atoms with Crippen LogP contribution in [0.1, 0.15) is 11.3 Å². The first-order chi connectivity index (χ1) is 13.1. The molecule has 0 aliphatic carbocycles. The number of carbonyl (C=O) groups excluding carboxylic acids is 2. The van der Waals surface area contributed by atoms with E-state index in [0.29, 0.717) is 21.5 Å². The lowest BCUT2D eigenvalue weighted by Crippen LogP contribution is -2.26. The van der Waals surface area contributed by atoms with Gasteiger partial charge < -0.3 is 19.6 Å². The fraction of sp³-hybridized carbons (Fsp3) is 0.105. The van der Waals surface area contributed by atoms with Crippen molar-refractivity contribution in [2.45, 2.75) is 13.1 Å². The highest BCUT2D eigenvalue weighted by molar-refractivity contribution is 8.26. The molecule has 0 atom stereocenters. The molecule has 3 aromatic rings. The maximum Gasteiger partial charge on any atom is 0.263 e. The largest absolute Gasteiger partial charge is 0.467 e. The minimum absolute atomic E-state index is 0.125. The van der Waals surface area contributed by atoms with Crippen LogP contribution in [0.15, 0.2) is 58.2 Å². The van der Waals surface area contributed by atoms with Gasteiger partial charge in [0.05, 0.1) is 17.7 Å². The van der Waals surface area contributed by atoms with Gasteiger partial charge in [-0.1, -0.05) is 42.2 Å². The number of nitrogens with zero attached hydrogens (tertiary/aromatic N) is 1. The number of para-hydroxylation sites is 1. The van der Waals surface area contributed by atoms with Crippen LogP contribution in [0.3, 0.4) is 0 Å². The van der Waals surface area contributed by atoms with Crippen LogP contribution in [0.5, 0.6) is 0 Å². The van der Waals surface area contributed by atoms with Gasteiger partial charge in [0.25, 0.3) is 5.91 Å². The van der Waals surface area contributed by atoms with Crippen LogP contribution in [0.4, 0.5) is 0 Å². The fourth-order valence-corrected chi connectivity index (χ4v) is 3.93. The predicted molar refractivity (Wildman–Crippen MR) is 109 cm³/mol. The summed E-state index contributed by atoms with van der Waals surface area (Å²) in [6.07, 6.45) is 5.25. The van der Waals surface area contributed by atoms with Crippen molar-refractivity contribution in [2.24, 2.45) is 0 Å². The molecule has 1 aliphatic heterocycles. The zero-order chi connectivity index (χ0) is 18.8. The SMILES string of the molecule is O=C(Cn1cc(/C=C2/SC(=S)NC2=O)c2ccccc21)NCc1ccco1. The monoisotopic (exact) mass is 397 g/mol. The highest BCUT2D eigenvalue weighted by Crippen LogP contribution is 2.29. The predicted octanol–water partition coefficient (Wildman–Crippen LogP) is 3.04. The van der Waals surface area contributed by atoms with E-state index < -0.39 is 0 Å². The van der Waals surface area contributed by atoms with Crippen LogP contribution < -0.4 is 10.6 Å². The van der Waals surface area contributed by atoms with Gasteiger partial charge in [0, 0.05) is 22.7 Å². The number of benzene rings is 1. The Kier molecular flexibility index (Phi) is 4.83. The standard InChI is InChI=1S/C19H15N3O3S2/c23-17(20-9-13-4-3-7-25-13)11-22-10-12(14-5-1-2-6-15(14)22)8-16-18(24)21-19(26)27-16/h1-8,10H,9,11H2,(H,20,23)(H,21,24,26)/b16-8+. The van der Waals surface area contributed by atoms with Gasteiger partial charge in [-0.3, -0.25) is 9.59 Å². The molecule has 0 bridgehead atoms. The van der Waals surface area contributed by atoms with Crippen molar-refractivity contribution in [3.8, 4) is 0 Å². The van der Waals surface area contributed by atoms with E-state index in [4.69, 9.17) is 16.6 Å². The molecule has 8 heteroatoms. The van der Waals surface area contributed by atoms with Gasteiger partial charge in [0.1, 0.15) is 16.6 Å². The number of aromatic nitrogens is 1. The normalized spacial score (nSPS) is 15.5. The third-order valence-corrected chi connectivity index (χ3v) is 5.26. The smallest absolute Gasteiger partial charge is 0.263 e. The second kappa shape index (κ2) is 7.42. The van der Waals surface area contributed by atoms with Crippen molar-refractivity contribution in [1.29, 1.82) is 0 Å². The zero-order valence-electron chi connectivity index (χ0n) is 14.1. The number of rotatable bonds is 5. The van der Waals surface area contributed by atoms with Gasteiger partial charge >= 0.3 is 0 Å². The van der Waals surface area contributed by atoms with Gasteiger partial charge in [-0.05, 0) is 24.3 Å². The Morgan fingerprint density at radius 3 is 2.89 bits per heavy atom. The summed E-state index contributed by atoms with van der Waals surface area (Å²) < 4.78 is 7.54. The van der Waals surface area contributed by atoms with Gasteiger partial charge in [0.15, 0.2) is 0 Å². The van der Waals surface area contributed by atoms with Crippen LogP contribution in [0.25, 0.3) is 17.0 Å². The number of thiocarbonyl (C=S) groups is 1. The lowest BCUT2D eigenvalue weighted by atomic mass is 10.1. The average Bonchev–Trinajstić information content (AvgIpc) is 3.35. The Bertz CT molecular complexity index is 1070. The third kappa shape index (κ3) is 3.81. The fourth-order valence-electron chi connectivity index (χ4n) is 2.89. The topological polar surface area (TPSA) is 76.3 Å². The molecule has 0 spiro atoms. The van der Waals surface area contributed by atoms with Gasteiger partial charge in [-0.25, -0.2) is 0 Å². The number of fused-ring (bicyclic) bond motifs is 1. The Morgan fingerprint density at radius 1 is 1.30 bits per heavy atom. The molecule has 136 valence electrons.